The molecule has 96 valence electrons. The van der Waals surface area contributed by atoms with Crippen molar-refractivity contribution >= 4 is 16.0 Å². The van der Waals surface area contributed by atoms with Crippen LogP contribution >= 0.6 is 0 Å². The molecule has 0 aliphatic carbocycles. The number of H-pyrrole nitrogens is 1. The third-order valence-electron chi connectivity index (χ3n) is 2.13. The molecule has 1 heterocycles. The molecule has 0 spiro atoms. The summed E-state index contributed by atoms with van der Waals surface area (Å²) in [7, 11) is -3.97. The number of carbonyl (C=O) groups is 1. The van der Waals surface area contributed by atoms with Crippen LogP contribution in [0.25, 0.3) is 0 Å². The number of aliphatic hydroxyl groups excluding tert-OH is 1. The largest absolute Gasteiger partial charge is 0.478 e. The average Bonchev–Trinajstić information content (AvgIpc) is 2.74. The van der Waals surface area contributed by atoms with Gasteiger partial charge in [0.15, 0.2) is 5.03 Å². The first-order valence-electron chi connectivity index (χ1n) is 4.82. The summed E-state index contributed by atoms with van der Waals surface area (Å²) in [5, 5.41) is 22.7. The molecule has 0 saturated carbocycles. The van der Waals surface area contributed by atoms with E-state index in [1.54, 1.807) is 6.92 Å². The minimum Gasteiger partial charge on any atom is -0.478 e. The molecule has 0 aliphatic heterocycles. The Morgan fingerprint density at radius 3 is 2.71 bits per heavy atom. The van der Waals surface area contributed by atoms with Crippen LogP contribution in [0.4, 0.5) is 0 Å². The minimum absolute atomic E-state index is 0.100. The number of hydrogen-bond acceptors (Lipinski definition) is 5. The number of aromatic nitrogens is 2. The highest BCUT2D eigenvalue weighted by Crippen LogP contribution is 2.17. The summed E-state index contributed by atoms with van der Waals surface area (Å²) in [6.07, 6.45) is 0.933. The topological polar surface area (TPSA) is 124 Å². The normalized spacial score (nSPS) is 11.9. The molecule has 1 rings (SSSR count). The van der Waals surface area contributed by atoms with Gasteiger partial charge in [0, 0.05) is 13.1 Å². The second kappa shape index (κ2) is 5.25. The number of nitrogens with one attached hydrogen (secondary N) is 1. The van der Waals surface area contributed by atoms with E-state index in [0.717, 1.165) is 10.5 Å². The predicted octanol–water partition coefficient (Wildman–Crippen LogP) is -0.889. The zero-order valence-corrected chi connectivity index (χ0v) is 9.94. The summed E-state index contributed by atoms with van der Waals surface area (Å²) < 4.78 is 25.0. The Bertz CT molecular complexity index is 495. The zero-order chi connectivity index (χ0) is 13.1. The molecule has 9 heteroatoms. The Labute approximate surface area is 97.9 Å². The molecule has 0 atom stereocenters. The molecule has 0 bridgehead atoms. The molecule has 1 aromatic rings. The Balaban J connectivity index is 3.20. The molecule has 0 amide bonds. The van der Waals surface area contributed by atoms with Gasteiger partial charge in [-0.15, -0.1) is 0 Å². The number of nitrogens with zero attached hydrogens (tertiary/aromatic N) is 2. The fourth-order valence-corrected chi connectivity index (χ4v) is 2.82. The number of carboxylic acid groups (broad SMARTS) is 1. The van der Waals surface area contributed by atoms with Gasteiger partial charge in [-0.3, -0.25) is 5.10 Å². The summed E-state index contributed by atoms with van der Waals surface area (Å²) in [5.74, 6) is -1.38. The van der Waals surface area contributed by atoms with E-state index in [2.05, 4.69) is 10.2 Å². The third-order valence-corrected chi connectivity index (χ3v) is 4.08. The number of sulfonamides is 1. The highest BCUT2D eigenvalue weighted by Gasteiger charge is 2.29. The van der Waals surface area contributed by atoms with Crippen molar-refractivity contribution in [2.75, 3.05) is 19.7 Å². The molecule has 3 N–H and O–H groups in total. The average molecular weight is 263 g/mol. The molecule has 0 fully saturated rings. The van der Waals surface area contributed by atoms with Crippen molar-refractivity contribution in [3.8, 4) is 0 Å². The van der Waals surface area contributed by atoms with Crippen LogP contribution in [0.1, 0.15) is 17.3 Å². The lowest BCUT2D eigenvalue weighted by Gasteiger charge is -2.18. The van der Waals surface area contributed by atoms with Crippen molar-refractivity contribution in [3.05, 3.63) is 11.8 Å². The summed E-state index contributed by atoms with van der Waals surface area (Å²) in [4.78, 5) is 10.8. The van der Waals surface area contributed by atoms with Gasteiger partial charge in [0.2, 0.25) is 0 Å². The number of likely N-dealkylation sites (N-methyl/N-ethyl adjacent to an activating group) is 1. The van der Waals surface area contributed by atoms with Crippen LogP contribution in [0.15, 0.2) is 11.2 Å². The van der Waals surface area contributed by atoms with Gasteiger partial charge in [-0.2, -0.15) is 9.40 Å². The first-order valence-corrected chi connectivity index (χ1v) is 6.26. The van der Waals surface area contributed by atoms with E-state index in [-0.39, 0.29) is 19.7 Å². The monoisotopic (exact) mass is 263 g/mol. The standard InChI is InChI=1S/C8H13N3O5S/c1-2-11(3-4-12)17(15,16)7-6(8(13)14)5-9-10-7/h5,12H,2-4H2,1H3,(H,9,10)(H,13,14). The first-order chi connectivity index (χ1) is 7.95. The molecule has 0 saturated heterocycles. The van der Waals surface area contributed by atoms with Gasteiger partial charge in [-0.05, 0) is 0 Å². The molecule has 1 aromatic heterocycles. The van der Waals surface area contributed by atoms with Crippen molar-refractivity contribution in [2.45, 2.75) is 11.9 Å². The maximum Gasteiger partial charge on any atom is 0.340 e. The lowest BCUT2D eigenvalue weighted by molar-refractivity contribution is 0.0692. The molecular formula is C8H13N3O5S. The van der Waals surface area contributed by atoms with Gasteiger partial charge >= 0.3 is 5.97 Å². The van der Waals surface area contributed by atoms with Crippen molar-refractivity contribution in [1.29, 1.82) is 0 Å². The highest BCUT2D eigenvalue weighted by atomic mass is 32.2. The number of aliphatic hydroxyl groups is 1. The van der Waals surface area contributed by atoms with Crippen molar-refractivity contribution in [3.63, 3.8) is 0 Å². The van der Waals surface area contributed by atoms with Crippen LogP contribution in [-0.4, -0.2) is 58.8 Å². The number of carboxylic acids is 1. The van der Waals surface area contributed by atoms with Gasteiger partial charge in [-0.25, -0.2) is 13.2 Å². The molecule has 0 unspecified atom stereocenters. The number of rotatable bonds is 6. The second-order valence-electron chi connectivity index (χ2n) is 3.14. The van der Waals surface area contributed by atoms with Crippen molar-refractivity contribution in [2.24, 2.45) is 0 Å². The van der Waals surface area contributed by atoms with Crippen LogP contribution in [0, 0.1) is 0 Å². The zero-order valence-electron chi connectivity index (χ0n) is 9.12. The Morgan fingerprint density at radius 2 is 2.24 bits per heavy atom. The Hall–Kier alpha value is -1.45. The fraction of sp³-hybridized carbons (Fsp3) is 0.500. The van der Waals surface area contributed by atoms with Crippen molar-refractivity contribution < 1.29 is 23.4 Å². The van der Waals surface area contributed by atoms with E-state index < -0.39 is 26.6 Å². The SMILES string of the molecule is CCN(CCO)S(=O)(=O)c1[nH]ncc1C(=O)O. The van der Waals surface area contributed by atoms with Gasteiger partial charge in [0.1, 0.15) is 5.56 Å². The minimum atomic E-state index is -3.97. The van der Waals surface area contributed by atoms with Gasteiger partial charge in [0.05, 0.1) is 12.8 Å². The maximum atomic E-state index is 12.0. The predicted molar refractivity (Wildman–Crippen MR) is 57.1 cm³/mol. The fourth-order valence-electron chi connectivity index (χ4n) is 1.31. The van der Waals surface area contributed by atoms with Gasteiger partial charge in [-0.1, -0.05) is 6.92 Å². The smallest absolute Gasteiger partial charge is 0.340 e. The van der Waals surface area contributed by atoms with E-state index in [9.17, 15) is 13.2 Å². The van der Waals surface area contributed by atoms with Crippen molar-refractivity contribution in [1.82, 2.24) is 14.5 Å². The molecule has 17 heavy (non-hydrogen) atoms. The van der Waals surface area contributed by atoms with Crippen LogP contribution in [0.2, 0.25) is 0 Å². The highest BCUT2D eigenvalue weighted by molar-refractivity contribution is 7.89. The van der Waals surface area contributed by atoms with E-state index >= 15 is 0 Å². The van der Waals surface area contributed by atoms with Crippen LogP contribution in [-0.2, 0) is 10.0 Å². The van der Waals surface area contributed by atoms with E-state index in [0.29, 0.717) is 0 Å². The van der Waals surface area contributed by atoms with Crippen LogP contribution in [0.3, 0.4) is 0 Å². The van der Waals surface area contributed by atoms with Crippen LogP contribution in [0.5, 0.6) is 0 Å². The molecule has 8 nitrogen and oxygen atoms in total. The quantitative estimate of drug-likeness (QED) is 0.611. The Kier molecular flexibility index (Phi) is 4.21. The van der Waals surface area contributed by atoms with E-state index in [1.165, 1.54) is 0 Å². The molecule has 0 aromatic carbocycles. The summed E-state index contributed by atoms with van der Waals surface area (Å²) in [6.45, 7) is 1.27. The summed E-state index contributed by atoms with van der Waals surface area (Å²) in [6, 6.07) is 0. The molecule has 0 aliphatic rings. The lowest BCUT2D eigenvalue weighted by atomic mass is 10.4. The first kappa shape index (κ1) is 13.6. The lowest BCUT2D eigenvalue weighted by Crippen LogP contribution is -2.34. The van der Waals surface area contributed by atoms with Gasteiger partial charge < -0.3 is 10.2 Å². The molecular weight excluding hydrogens is 250 g/mol. The summed E-state index contributed by atoms with van der Waals surface area (Å²) >= 11 is 0. The van der Waals surface area contributed by atoms with Crippen LogP contribution < -0.4 is 0 Å². The van der Waals surface area contributed by atoms with E-state index in [4.69, 9.17) is 10.2 Å². The number of aromatic carboxylic acids is 1. The number of hydrogen-bond donors (Lipinski definition) is 3. The third kappa shape index (κ3) is 2.62. The summed E-state index contributed by atoms with van der Waals surface area (Å²) in [5.41, 5.74) is -0.415. The molecule has 0 radical (unpaired) electrons. The van der Waals surface area contributed by atoms with E-state index in [1.807, 2.05) is 0 Å². The van der Waals surface area contributed by atoms with Gasteiger partial charge in [0.25, 0.3) is 10.0 Å². The maximum absolute atomic E-state index is 12.0. The number of aromatic amines is 1. The second-order valence-corrected chi connectivity index (χ2v) is 5.01. The Morgan fingerprint density at radius 1 is 1.59 bits per heavy atom.